The smallest absolute Gasteiger partial charge is 0.221 e. The minimum Gasteiger partial charge on any atom is -0.381 e. The standard InChI is InChI=1S/C13H26N2O2/c1-13(2,3)11(14)8-12(16)15-6-4-10-5-7-17-9-10/h10-11H,4-9,14H2,1-3H3,(H,15,16). The number of carbonyl (C=O) groups is 1. The minimum atomic E-state index is -0.0858. The second-order valence-corrected chi connectivity index (χ2v) is 6.04. The number of hydrogen-bond donors (Lipinski definition) is 2. The van der Waals surface area contributed by atoms with Crippen molar-refractivity contribution in [3.63, 3.8) is 0 Å². The molecule has 100 valence electrons. The Bertz CT molecular complexity index is 242. The number of carbonyl (C=O) groups excluding carboxylic acids is 1. The Hall–Kier alpha value is -0.610. The van der Waals surface area contributed by atoms with Crippen LogP contribution in [0.3, 0.4) is 0 Å². The monoisotopic (exact) mass is 242 g/mol. The maximum atomic E-state index is 11.7. The summed E-state index contributed by atoms with van der Waals surface area (Å²) in [6, 6.07) is -0.0858. The largest absolute Gasteiger partial charge is 0.381 e. The lowest BCUT2D eigenvalue weighted by molar-refractivity contribution is -0.122. The van der Waals surface area contributed by atoms with Crippen LogP contribution in [0.5, 0.6) is 0 Å². The zero-order chi connectivity index (χ0) is 12.9. The maximum absolute atomic E-state index is 11.7. The molecule has 0 radical (unpaired) electrons. The van der Waals surface area contributed by atoms with E-state index in [1.54, 1.807) is 0 Å². The molecule has 0 spiro atoms. The lowest BCUT2D eigenvalue weighted by atomic mass is 9.85. The van der Waals surface area contributed by atoms with E-state index in [9.17, 15) is 4.79 Å². The quantitative estimate of drug-likeness (QED) is 0.763. The van der Waals surface area contributed by atoms with E-state index in [-0.39, 0.29) is 17.4 Å². The molecule has 1 heterocycles. The van der Waals surface area contributed by atoms with Gasteiger partial charge in [-0.25, -0.2) is 0 Å². The van der Waals surface area contributed by atoms with Gasteiger partial charge in [0.1, 0.15) is 0 Å². The minimum absolute atomic E-state index is 0.0172. The summed E-state index contributed by atoms with van der Waals surface area (Å²) in [5, 5.41) is 2.94. The lowest BCUT2D eigenvalue weighted by Crippen LogP contribution is -2.40. The number of ether oxygens (including phenoxy) is 1. The molecule has 0 bridgehead atoms. The molecule has 3 N–H and O–H groups in total. The van der Waals surface area contributed by atoms with Gasteiger partial charge < -0.3 is 15.8 Å². The van der Waals surface area contributed by atoms with Gasteiger partial charge in [0, 0.05) is 32.2 Å². The van der Waals surface area contributed by atoms with Crippen molar-refractivity contribution in [3.8, 4) is 0 Å². The van der Waals surface area contributed by atoms with Gasteiger partial charge in [0.25, 0.3) is 0 Å². The van der Waals surface area contributed by atoms with Crippen molar-refractivity contribution >= 4 is 5.91 Å². The van der Waals surface area contributed by atoms with E-state index in [1.165, 1.54) is 0 Å². The van der Waals surface area contributed by atoms with Gasteiger partial charge in [-0.1, -0.05) is 20.8 Å². The fourth-order valence-corrected chi connectivity index (χ4v) is 1.80. The number of nitrogens with two attached hydrogens (primary N) is 1. The van der Waals surface area contributed by atoms with E-state index in [4.69, 9.17) is 10.5 Å². The van der Waals surface area contributed by atoms with E-state index in [2.05, 4.69) is 26.1 Å². The van der Waals surface area contributed by atoms with Gasteiger partial charge in [-0.2, -0.15) is 0 Å². The summed E-state index contributed by atoms with van der Waals surface area (Å²) < 4.78 is 5.29. The fourth-order valence-electron chi connectivity index (χ4n) is 1.80. The molecule has 1 rings (SSSR count). The second-order valence-electron chi connectivity index (χ2n) is 6.04. The summed E-state index contributed by atoms with van der Waals surface area (Å²) in [5.74, 6) is 0.679. The predicted molar refractivity (Wildman–Crippen MR) is 68.6 cm³/mol. The highest BCUT2D eigenvalue weighted by Gasteiger charge is 2.23. The fraction of sp³-hybridized carbons (Fsp3) is 0.923. The Balaban J connectivity index is 2.12. The summed E-state index contributed by atoms with van der Waals surface area (Å²) in [5.41, 5.74) is 5.95. The zero-order valence-electron chi connectivity index (χ0n) is 11.3. The molecule has 2 atom stereocenters. The van der Waals surface area contributed by atoms with Crippen molar-refractivity contribution < 1.29 is 9.53 Å². The first-order valence-corrected chi connectivity index (χ1v) is 6.49. The highest BCUT2D eigenvalue weighted by Crippen LogP contribution is 2.19. The van der Waals surface area contributed by atoms with Crippen LogP contribution >= 0.6 is 0 Å². The molecule has 0 aromatic rings. The van der Waals surface area contributed by atoms with Crippen molar-refractivity contribution in [3.05, 3.63) is 0 Å². The van der Waals surface area contributed by atoms with Gasteiger partial charge in [0.05, 0.1) is 0 Å². The molecular weight excluding hydrogens is 216 g/mol. The highest BCUT2D eigenvalue weighted by molar-refractivity contribution is 5.76. The van der Waals surface area contributed by atoms with Gasteiger partial charge >= 0.3 is 0 Å². The van der Waals surface area contributed by atoms with E-state index in [0.29, 0.717) is 12.3 Å². The Morgan fingerprint density at radius 3 is 2.76 bits per heavy atom. The van der Waals surface area contributed by atoms with Crippen molar-refractivity contribution in [2.24, 2.45) is 17.1 Å². The summed E-state index contributed by atoms with van der Waals surface area (Å²) in [4.78, 5) is 11.7. The molecule has 1 aliphatic heterocycles. The van der Waals surface area contributed by atoms with Gasteiger partial charge in [-0.3, -0.25) is 4.79 Å². The van der Waals surface area contributed by atoms with Crippen molar-refractivity contribution in [1.29, 1.82) is 0 Å². The van der Waals surface area contributed by atoms with Crippen LogP contribution in [0.25, 0.3) is 0 Å². The number of rotatable bonds is 5. The average Bonchev–Trinajstić information content (AvgIpc) is 2.69. The Labute approximate surface area is 104 Å². The predicted octanol–water partition coefficient (Wildman–Crippen LogP) is 1.29. The van der Waals surface area contributed by atoms with E-state index < -0.39 is 0 Å². The van der Waals surface area contributed by atoms with Crippen LogP contribution in [-0.2, 0) is 9.53 Å². The topological polar surface area (TPSA) is 64.4 Å². The first-order valence-electron chi connectivity index (χ1n) is 6.49. The second kappa shape index (κ2) is 6.36. The Kier molecular flexibility index (Phi) is 5.40. The maximum Gasteiger partial charge on any atom is 0.221 e. The molecule has 0 aliphatic carbocycles. The van der Waals surface area contributed by atoms with Crippen molar-refractivity contribution in [2.75, 3.05) is 19.8 Å². The van der Waals surface area contributed by atoms with Gasteiger partial charge in [-0.15, -0.1) is 0 Å². The van der Waals surface area contributed by atoms with E-state index in [0.717, 1.165) is 32.6 Å². The zero-order valence-corrected chi connectivity index (χ0v) is 11.3. The first kappa shape index (κ1) is 14.5. The number of amides is 1. The van der Waals surface area contributed by atoms with Crippen LogP contribution < -0.4 is 11.1 Å². The molecule has 0 saturated carbocycles. The van der Waals surface area contributed by atoms with Crippen LogP contribution in [0.4, 0.5) is 0 Å². The van der Waals surface area contributed by atoms with E-state index in [1.807, 2.05) is 0 Å². The normalized spacial score (nSPS) is 22.5. The van der Waals surface area contributed by atoms with Crippen LogP contribution in [0.1, 0.15) is 40.0 Å². The Morgan fingerprint density at radius 1 is 1.53 bits per heavy atom. The van der Waals surface area contributed by atoms with Crippen LogP contribution in [0, 0.1) is 11.3 Å². The SMILES string of the molecule is CC(C)(C)C(N)CC(=O)NCCC1CCOC1. The molecular formula is C13H26N2O2. The average molecular weight is 242 g/mol. The van der Waals surface area contributed by atoms with Gasteiger partial charge in [0.2, 0.25) is 5.91 Å². The third-order valence-electron chi connectivity index (χ3n) is 3.42. The molecule has 4 heteroatoms. The molecule has 0 aromatic heterocycles. The molecule has 1 amide bonds. The summed E-state index contributed by atoms with van der Waals surface area (Å²) in [7, 11) is 0. The molecule has 2 unspecified atom stereocenters. The van der Waals surface area contributed by atoms with Gasteiger partial charge in [-0.05, 0) is 24.2 Å². The molecule has 0 aromatic carbocycles. The number of hydrogen-bond acceptors (Lipinski definition) is 3. The van der Waals surface area contributed by atoms with Crippen LogP contribution in [0.15, 0.2) is 0 Å². The third kappa shape index (κ3) is 5.50. The molecule has 1 fully saturated rings. The molecule has 4 nitrogen and oxygen atoms in total. The van der Waals surface area contributed by atoms with Gasteiger partial charge in [0.15, 0.2) is 0 Å². The Morgan fingerprint density at radius 2 is 2.24 bits per heavy atom. The first-order chi connectivity index (χ1) is 7.89. The summed E-state index contributed by atoms with van der Waals surface area (Å²) >= 11 is 0. The highest BCUT2D eigenvalue weighted by atomic mass is 16.5. The molecule has 1 aliphatic rings. The lowest BCUT2D eigenvalue weighted by Gasteiger charge is -2.26. The van der Waals surface area contributed by atoms with Crippen LogP contribution in [-0.4, -0.2) is 31.7 Å². The van der Waals surface area contributed by atoms with Crippen molar-refractivity contribution in [1.82, 2.24) is 5.32 Å². The van der Waals surface area contributed by atoms with Crippen LogP contribution in [0.2, 0.25) is 0 Å². The number of nitrogens with one attached hydrogen (secondary N) is 1. The van der Waals surface area contributed by atoms with E-state index >= 15 is 0 Å². The molecule has 17 heavy (non-hydrogen) atoms. The van der Waals surface area contributed by atoms with Crippen molar-refractivity contribution in [2.45, 2.75) is 46.1 Å². The summed E-state index contributed by atoms with van der Waals surface area (Å²) in [6.45, 7) is 8.62. The molecule has 1 saturated heterocycles. The summed E-state index contributed by atoms with van der Waals surface area (Å²) in [6.07, 6.45) is 2.54. The third-order valence-corrected chi connectivity index (χ3v) is 3.42.